The third-order valence-electron chi connectivity index (χ3n) is 4.93. The van der Waals surface area contributed by atoms with Gasteiger partial charge in [-0.25, -0.2) is 0 Å². The summed E-state index contributed by atoms with van der Waals surface area (Å²) >= 11 is 5.94. The lowest BCUT2D eigenvalue weighted by Crippen LogP contribution is -2.34. The van der Waals surface area contributed by atoms with E-state index < -0.39 is 10.8 Å². The van der Waals surface area contributed by atoms with Crippen molar-refractivity contribution in [2.75, 3.05) is 11.9 Å². The predicted molar refractivity (Wildman–Crippen MR) is 93.5 cm³/mol. The summed E-state index contributed by atoms with van der Waals surface area (Å²) in [4.78, 5) is 48.2. The Labute approximate surface area is 154 Å². The van der Waals surface area contributed by atoms with Crippen molar-refractivity contribution < 1.29 is 19.3 Å². The van der Waals surface area contributed by atoms with Crippen LogP contribution in [0.15, 0.2) is 18.2 Å². The van der Waals surface area contributed by atoms with Crippen molar-refractivity contribution in [1.29, 1.82) is 0 Å². The smallest absolute Gasteiger partial charge is 0.271 e. The lowest BCUT2D eigenvalue weighted by molar-refractivity contribution is -0.384. The largest absolute Gasteiger partial charge is 0.325 e. The average Bonchev–Trinajstić information content (AvgIpc) is 2.86. The number of non-ortho nitro benzene ring substituents is 1. The van der Waals surface area contributed by atoms with E-state index in [4.69, 9.17) is 11.6 Å². The molecule has 0 bridgehead atoms. The van der Waals surface area contributed by atoms with Crippen molar-refractivity contribution in [3.05, 3.63) is 33.3 Å². The number of nitrogens with one attached hydrogen (secondary N) is 1. The Bertz CT molecular complexity index is 758. The van der Waals surface area contributed by atoms with Crippen LogP contribution in [-0.2, 0) is 14.4 Å². The van der Waals surface area contributed by atoms with Crippen LogP contribution in [0.3, 0.4) is 0 Å². The van der Waals surface area contributed by atoms with Crippen molar-refractivity contribution >= 4 is 40.7 Å². The number of amides is 3. The molecule has 0 aromatic heterocycles. The van der Waals surface area contributed by atoms with Gasteiger partial charge in [0.25, 0.3) is 5.69 Å². The van der Waals surface area contributed by atoms with Gasteiger partial charge in [0.05, 0.1) is 27.5 Å². The van der Waals surface area contributed by atoms with Crippen LogP contribution in [0.2, 0.25) is 5.02 Å². The van der Waals surface area contributed by atoms with Gasteiger partial charge in [-0.05, 0) is 18.9 Å². The third-order valence-corrected chi connectivity index (χ3v) is 5.25. The van der Waals surface area contributed by atoms with Crippen LogP contribution < -0.4 is 5.32 Å². The van der Waals surface area contributed by atoms with Crippen LogP contribution in [0.5, 0.6) is 0 Å². The summed E-state index contributed by atoms with van der Waals surface area (Å²) in [5.74, 6) is -1.25. The monoisotopic (exact) mass is 379 g/mol. The molecule has 1 aliphatic heterocycles. The zero-order valence-electron chi connectivity index (χ0n) is 13.9. The first kappa shape index (κ1) is 18.3. The van der Waals surface area contributed by atoms with Crippen LogP contribution in [0.25, 0.3) is 0 Å². The van der Waals surface area contributed by atoms with E-state index in [-0.39, 0.29) is 53.0 Å². The lowest BCUT2D eigenvalue weighted by Gasteiger charge is -2.19. The first-order valence-corrected chi connectivity index (χ1v) is 8.85. The molecule has 1 saturated carbocycles. The van der Waals surface area contributed by atoms with Crippen LogP contribution in [-0.4, -0.2) is 34.1 Å². The molecule has 138 valence electrons. The van der Waals surface area contributed by atoms with E-state index in [1.807, 2.05) is 0 Å². The Morgan fingerprint density at radius 2 is 1.85 bits per heavy atom. The summed E-state index contributed by atoms with van der Waals surface area (Å²) in [6, 6.07) is 3.73. The van der Waals surface area contributed by atoms with Gasteiger partial charge in [-0.1, -0.05) is 24.4 Å². The van der Waals surface area contributed by atoms with Crippen molar-refractivity contribution in [1.82, 2.24) is 4.90 Å². The van der Waals surface area contributed by atoms with Crippen LogP contribution in [0.1, 0.15) is 32.1 Å². The van der Waals surface area contributed by atoms with Gasteiger partial charge in [0.15, 0.2) is 0 Å². The van der Waals surface area contributed by atoms with Gasteiger partial charge < -0.3 is 5.32 Å². The summed E-state index contributed by atoms with van der Waals surface area (Å²) < 4.78 is 0. The number of imide groups is 1. The second-order valence-electron chi connectivity index (χ2n) is 6.54. The summed E-state index contributed by atoms with van der Waals surface area (Å²) in [6.07, 6.45) is 3.32. The molecule has 8 nitrogen and oxygen atoms in total. The molecule has 1 aromatic carbocycles. The number of hydrogen-bond acceptors (Lipinski definition) is 5. The number of nitrogens with zero attached hydrogens (tertiary/aromatic N) is 2. The van der Waals surface area contributed by atoms with Gasteiger partial charge in [-0.3, -0.25) is 29.4 Å². The normalized spacial score (nSPS) is 22.3. The first-order valence-electron chi connectivity index (χ1n) is 8.47. The van der Waals surface area contributed by atoms with Gasteiger partial charge in [0.1, 0.15) is 0 Å². The minimum Gasteiger partial charge on any atom is -0.325 e. The number of carbonyl (C=O) groups is 3. The molecule has 9 heteroatoms. The van der Waals surface area contributed by atoms with Crippen molar-refractivity contribution in [3.8, 4) is 0 Å². The Kier molecular flexibility index (Phi) is 5.22. The van der Waals surface area contributed by atoms with E-state index >= 15 is 0 Å². The Balaban J connectivity index is 1.58. The van der Waals surface area contributed by atoms with Crippen LogP contribution >= 0.6 is 11.6 Å². The highest BCUT2D eigenvalue weighted by Gasteiger charge is 2.47. The average molecular weight is 380 g/mol. The maximum absolute atomic E-state index is 12.4. The van der Waals surface area contributed by atoms with Crippen LogP contribution in [0, 0.1) is 22.0 Å². The molecule has 3 rings (SSSR count). The van der Waals surface area contributed by atoms with Gasteiger partial charge in [0, 0.05) is 25.1 Å². The van der Waals surface area contributed by atoms with Crippen molar-refractivity contribution in [2.45, 2.75) is 32.1 Å². The summed E-state index contributed by atoms with van der Waals surface area (Å²) in [7, 11) is 0. The number of benzene rings is 1. The molecule has 0 unspecified atom stereocenters. The van der Waals surface area contributed by atoms with E-state index in [2.05, 4.69) is 5.32 Å². The summed E-state index contributed by atoms with van der Waals surface area (Å²) in [6.45, 7) is 0.0289. The second kappa shape index (κ2) is 7.41. The first-order chi connectivity index (χ1) is 12.4. The second-order valence-corrected chi connectivity index (χ2v) is 6.95. The standard InChI is InChI=1S/C17H18ClN3O5/c18-13-9-10(21(25)26)5-6-14(13)19-15(22)7-8-20-16(23)11-3-1-2-4-12(11)17(20)24/h5-6,9,11-12H,1-4,7-8H2,(H,19,22)/t11-,12-/m1/s1. The van der Waals surface area contributed by atoms with E-state index in [1.54, 1.807) is 0 Å². The van der Waals surface area contributed by atoms with Crippen LogP contribution in [0.4, 0.5) is 11.4 Å². The van der Waals surface area contributed by atoms with Gasteiger partial charge >= 0.3 is 0 Å². The molecule has 0 radical (unpaired) electrons. The number of anilines is 1. The number of rotatable bonds is 5. The van der Waals surface area contributed by atoms with Gasteiger partial charge in [-0.15, -0.1) is 0 Å². The summed E-state index contributed by atoms with van der Waals surface area (Å²) in [5, 5.41) is 13.3. The SMILES string of the molecule is O=C(CCN1C(=O)[C@@H]2CCCC[C@H]2C1=O)Nc1ccc([N+](=O)[O-])cc1Cl. The van der Waals surface area contributed by atoms with E-state index in [1.165, 1.54) is 17.0 Å². The zero-order chi connectivity index (χ0) is 18.8. The molecule has 1 saturated heterocycles. The minimum absolute atomic E-state index is 0.0289. The number of halogens is 1. The number of nitro groups is 1. The fourth-order valence-electron chi connectivity index (χ4n) is 3.60. The molecule has 1 N–H and O–H groups in total. The molecule has 0 spiro atoms. The molecular weight excluding hydrogens is 362 g/mol. The van der Waals surface area contributed by atoms with E-state index in [0.29, 0.717) is 0 Å². The highest BCUT2D eigenvalue weighted by atomic mass is 35.5. The van der Waals surface area contributed by atoms with Gasteiger partial charge in [0.2, 0.25) is 17.7 Å². The summed E-state index contributed by atoms with van der Waals surface area (Å²) in [5.41, 5.74) is 0.0684. The molecule has 2 atom stereocenters. The molecule has 3 amide bonds. The van der Waals surface area contributed by atoms with Crippen molar-refractivity contribution in [3.63, 3.8) is 0 Å². The fourth-order valence-corrected chi connectivity index (χ4v) is 3.82. The topological polar surface area (TPSA) is 110 Å². The molecule has 1 aliphatic carbocycles. The molecule has 2 fully saturated rings. The van der Waals surface area contributed by atoms with E-state index in [0.717, 1.165) is 31.7 Å². The number of hydrogen-bond donors (Lipinski definition) is 1. The third kappa shape index (κ3) is 3.55. The molecule has 2 aliphatic rings. The quantitative estimate of drug-likeness (QED) is 0.480. The Morgan fingerprint density at radius 3 is 2.38 bits per heavy atom. The Hall–Kier alpha value is -2.48. The zero-order valence-corrected chi connectivity index (χ0v) is 14.7. The minimum atomic E-state index is -0.582. The van der Waals surface area contributed by atoms with E-state index in [9.17, 15) is 24.5 Å². The number of likely N-dealkylation sites (tertiary alicyclic amines) is 1. The maximum Gasteiger partial charge on any atom is 0.271 e. The van der Waals surface area contributed by atoms with Crippen molar-refractivity contribution in [2.24, 2.45) is 11.8 Å². The molecule has 1 aromatic rings. The fraction of sp³-hybridized carbons (Fsp3) is 0.471. The highest BCUT2D eigenvalue weighted by molar-refractivity contribution is 6.34. The number of carbonyl (C=O) groups excluding carboxylic acids is 3. The van der Waals surface area contributed by atoms with Gasteiger partial charge in [-0.2, -0.15) is 0 Å². The molecular formula is C17H18ClN3O5. The maximum atomic E-state index is 12.4. The highest BCUT2D eigenvalue weighted by Crippen LogP contribution is 2.38. The number of nitro benzene ring substituents is 1. The predicted octanol–water partition coefficient (Wildman–Crippen LogP) is 2.75. The number of fused-ring (bicyclic) bond motifs is 1. The molecule has 26 heavy (non-hydrogen) atoms. The Morgan fingerprint density at radius 1 is 1.23 bits per heavy atom. The lowest BCUT2D eigenvalue weighted by atomic mass is 9.81. The molecule has 1 heterocycles.